The molecule has 1 unspecified atom stereocenters. The van der Waals surface area contributed by atoms with Crippen LogP contribution in [-0.2, 0) is 0 Å². The number of aliphatic hydroxyl groups excluding tert-OH is 1. The summed E-state index contributed by atoms with van der Waals surface area (Å²) in [7, 11) is 0. The number of nitrogens with one attached hydrogen (secondary N) is 1. The summed E-state index contributed by atoms with van der Waals surface area (Å²) in [6.45, 7) is 5.15. The molecule has 1 aromatic carbocycles. The zero-order valence-corrected chi connectivity index (χ0v) is 12.4. The maximum Gasteiger partial charge on any atom is 0.272 e. The van der Waals surface area contributed by atoms with Crippen LogP contribution in [0.25, 0.3) is 5.69 Å². The minimum Gasteiger partial charge on any atom is -0.399 e. The van der Waals surface area contributed by atoms with Gasteiger partial charge in [0, 0.05) is 11.9 Å². The van der Waals surface area contributed by atoms with E-state index < -0.39 is 11.6 Å². The predicted octanol–water partition coefficient (Wildman–Crippen LogP) is 1.34. The van der Waals surface area contributed by atoms with E-state index in [1.54, 1.807) is 49.8 Å². The molecule has 0 saturated carbocycles. The zero-order valence-electron chi connectivity index (χ0n) is 12.4. The molecule has 4 N–H and O–H groups in total. The van der Waals surface area contributed by atoms with Gasteiger partial charge in [-0.1, -0.05) is 0 Å². The number of nitrogens with zero attached hydrogens (tertiary/aromatic N) is 2. The Bertz CT molecular complexity index is 629. The first-order chi connectivity index (χ1) is 9.79. The minimum absolute atomic E-state index is 0.292. The van der Waals surface area contributed by atoms with Gasteiger partial charge in [-0.25, -0.2) is 4.68 Å². The monoisotopic (exact) mass is 288 g/mol. The molecule has 112 valence electrons. The summed E-state index contributed by atoms with van der Waals surface area (Å²) in [5.74, 6) is -0.324. The third kappa shape index (κ3) is 3.41. The van der Waals surface area contributed by atoms with Gasteiger partial charge in [0.1, 0.15) is 0 Å². The highest BCUT2D eigenvalue weighted by Gasteiger charge is 2.27. The van der Waals surface area contributed by atoms with E-state index in [1.807, 2.05) is 12.1 Å². The maximum absolute atomic E-state index is 12.1. The lowest BCUT2D eigenvalue weighted by Gasteiger charge is -2.28. The lowest BCUT2D eigenvalue weighted by Crippen LogP contribution is -2.51. The third-order valence-corrected chi connectivity index (χ3v) is 3.46. The quantitative estimate of drug-likeness (QED) is 0.740. The normalized spacial score (nSPS) is 13.0. The molecule has 1 atom stereocenters. The van der Waals surface area contributed by atoms with Gasteiger partial charge in [0.15, 0.2) is 5.69 Å². The number of anilines is 1. The average Bonchev–Trinajstić information content (AvgIpc) is 2.88. The van der Waals surface area contributed by atoms with Crippen molar-refractivity contribution in [3.63, 3.8) is 0 Å². The third-order valence-electron chi connectivity index (χ3n) is 3.46. The second kappa shape index (κ2) is 5.57. The molecule has 0 radical (unpaired) electrons. The highest BCUT2D eigenvalue weighted by Crippen LogP contribution is 2.12. The topological polar surface area (TPSA) is 93.2 Å². The molecule has 6 heteroatoms. The summed E-state index contributed by atoms with van der Waals surface area (Å²) in [6.07, 6.45) is 1.04. The first-order valence-electron chi connectivity index (χ1n) is 6.72. The van der Waals surface area contributed by atoms with Crippen LogP contribution in [-0.4, -0.2) is 32.4 Å². The fourth-order valence-corrected chi connectivity index (χ4v) is 1.68. The van der Waals surface area contributed by atoms with E-state index in [4.69, 9.17) is 5.73 Å². The van der Waals surface area contributed by atoms with Gasteiger partial charge in [-0.2, -0.15) is 5.10 Å². The zero-order chi connectivity index (χ0) is 15.6. The molecule has 1 aromatic heterocycles. The minimum atomic E-state index is -0.720. The lowest BCUT2D eigenvalue weighted by molar-refractivity contribution is 0.0705. The Morgan fingerprint density at radius 3 is 2.52 bits per heavy atom. The number of nitrogen functional groups attached to an aromatic ring is 1. The first kappa shape index (κ1) is 15.1. The molecule has 2 aromatic rings. The molecule has 0 fully saturated rings. The fourth-order valence-electron chi connectivity index (χ4n) is 1.68. The van der Waals surface area contributed by atoms with Crippen molar-refractivity contribution in [2.75, 3.05) is 5.73 Å². The Labute approximate surface area is 123 Å². The Balaban J connectivity index is 2.16. The number of amides is 1. The molecule has 0 bridgehead atoms. The largest absolute Gasteiger partial charge is 0.399 e. The van der Waals surface area contributed by atoms with Crippen LogP contribution in [0.2, 0.25) is 0 Å². The standard InChI is InChI=1S/C15H20N4O2/c1-10(20)15(2,3)17-14(21)13-8-9-19(18-13)12-6-4-11(16)5-7-12/h4-10,20H,16H2,1-3H3,(H,17,21). The number of carbonyl (C=O) groups excluding carboxylic acids is 1. The van der Waals surface area contributed by atoms with Gasteiger partial charge in [0.05, 0.1) is 17.3 Å². The Hall–Kier alpha value is -2.34. The molecule has 1 heterocycles. The summed E-state index contributed by atoms with van der Waals surface area (Å²) < 4.78 is 1.60. The molecule has 0 aliphatic rings. The van der Waals surface area contributed by atoms with Crippen LogP contribution in [0.5, 0.6) is 0 Å². The molecule has 21 heavy (non-hydrogen) atoms. The van der Waals surface area contributed by atoms with Crippen molar-refractivity contribution in [3.8, 4) is 5.69 Å². The molecular formula is C15H20N4O2. The Kier molecular flexibility index (Phi) is 3.99. The van der Waals surface area contributed by atoms with Gasteiger partial charge in [-0.15, -0.1) is 0 Å². The molecule has 0 spiro atoms. The summed E-state index contributed by atoms with van der Waals surface area (Å²) in [4.78, 5) is 12.1. The number of hydrogen-bond donors (Lipinski definition) is 3. The summed E-state index contributed by atoms with van der Waals surface area (Å²) >= 11 is 0. The van der Waals surface area contributed by atoms with E-state index in [0.717, 1.165) is 5.69 Å². The summed E-state index contributed by atoms with van der Waals surface area (Å²) in [6, 6.07) is 8.82. The van der Waals surface area contributed by atoms with Crippen LogP contribution in [0, 0.1) is 0 Å². The van der Waals surface area contributed by atoms with Gasteiger partial charge >= 0.3 is 0 Å². The van der Waals surface area contributed by atoms with E-state index in [-0.39, 0.29) is 5.91 Å². The number of nitrogens with two attached hydrogens (primary N) is 1. The highest BCUT2D eigenvalue weighted by molar-refractivity contribution is 5.92. The smallest absolute Gasteiger partial charge is 0.272 e. The Morgan fingerprint density at radius 2 is 1.95 bits per heavy atom. The first-order valence-corrected chi connectivity index (χ1v) is 6.72. The van der Waals surface area contributed by atoms with Crippen LogP contribution in [0.15, 0.2) is 36.5 Å². The molecule has 0 saturated heterocycles. The van der Waals surface area contributed by atoms with E-state index in [1.165, 1.54) is 0 Å². The van der Waals surface area contributed by atoms with Crippen molar-refractivity contribution in [2.45, 2.75) is 32.4 Å². The van der Waals surface area contributed by atoms with Crippen molar-refractivity contribution in [2.24, 2.45) is 0 Å². The van der Waals surface area contributed by atoms with Crippen molar-refractivity contribution in [1.82, 2.24) is 15.1 Å². The number of aliphatic hydroxyl groups is 1. The maximum atomic E-state index is 12.1. The van der Waals surface area contributed by atoms with Gasteiger partial charge in [0.2, 0.25) is 0 Å². The molecule has 2 rings (SSSR count). The number of benzene rings is 1. The summed E-state index contributed by atoms with van der Waals surface area (Å²) in [5.41, 5.74) is 6.70. The van der Waals surface area contributed by atoms with Crippen LogP contribution in [0.3, 0.4) is 0 Å². The van der Waals surface area contributed by atoms with E-state index in [9.17, 15) is 9.90 Å². The molecule has 6 nitrogen and oxygen atoms in total. The summed E-state index contributed by atoms with van der Waals surface area (Å²) in [5, 5.41) is 16.6. The number of aromatic nitrogens is 2. The number of hydrogen-bond acceptors (Lipinski definition) is 4. The number of rotatable bonds is 4. The van der Waals surface area contributed by atoms with Crippen molar-refractivity contribution < 1.29 is 9.90 Å². The van der Waals surface area contributed by atoms with Gasteiger partial charge in [-0.3, -0.25) is 4.79 Å². The van der Waals surface area contributed by atoms with Crippen molar-refractivity contribution in [3.05, 3.63) is 42.2 Å². The van der Waals surface area contributed by atoms with Crippen LogP contribution >= 0.6 is 0 Å². The fraction of sp³-hybridized carbons (Fsp3) is 0.333. The van der Waals surface area contributed by atoms with E-state index in [2.05, 4.69) is 10.4 Å². The van der Waals surface area contributed by atoms with Gasteiger partial charge in [-0.05, 0) is 51.1 Å². The average molecular weight is 288 g/mol. The second-order valence-electron chi connectivity index (χ2n) is 5.59. The van der Waals surface area contributed by atoms with Crippen molar-refractivity contribution >= 4 is 11.6 Å². The molecule has 1 amide bonds. The lowest BCUT2D eigenvalue weighted by atomic mass is 9.99. The SMILES string of the molecule is CC(O)C(C)(C)NC(=O)c1ccn(-c2ccc(N)cc2)n1. The molecular weight excluding hydrogens is 268 g/mol. The van der Waals surface area contributed by atoms with Crippen LogP contribution in [0.1, 0.15) is 31.3 Å². The predicted molar refractivity (Wildman–Crippen MR) is 81.2 cm³/mol. The van der Waals surface area contributed by atoms with Crippen molar-refractivity contribution in [1.29, 1.82) is 0 Å². The molecule has 0 aliphatic carbocycles. The highest BCUT2D eigenvalue weighted by atomic mass is 16.3. The van der Waals surface area contributed by atoms with E-state index in [0.29, 0.717) is 11.4 Å². The number of carbonyl (C=O) groups is 1. The van der Waals surface area contributed by atoms with Gasteiger partial charge in [0.25, 0.3) is 5.91 Å². The second-order valence-corrected chi connectivity index (χ2v) is 5.59. The Morgan fingerprint density at radius 1 is 1.33 bits per heavy atom. The van der Waals surface area contributed by atoms with Crippen LogP contribution in [0.4, 0.5) is 5.69 Å². The van der Waals surface area contributed by atoms with Crippen LogP contribution < -0.4 is 11.1 Å². The molecule has 0 aliphatic heterocycles. The van der Waals surface area contributed by atoms with E-state index >= 15 is 0 Å². The van der Waals surface area contributed by atoms with Gasteiger partial charge < -0.3 is 16.2 Å².